The van der Waals surface area contributed by atoms with Gasteiger partial charge in [0.05, 0.1) is 44.2 Å². The molecular weight excluding hydrogens is 744 g/mol. The molecule has 14 unspecified atom stereocenters. The summed E-state index contributed by atoms with van der Waals surface area (Å²) in [5, 5.41) is 110. The molecule has 318 valence electrons. The van der Waals surface area contributed by atoms with Gasteiger partial charge in [0.2, 0.25) is 11.8 Å². The molecule has 0 bridgehead atoms. The topological polar surface area (TPSA) is 350 Å². The van der Waals surface area contributed by atoms with Crippen molar-refractivity contribution in [3.05, 3.63) is 0 Å². The van der Waals surface area contributed by atoms with Gasteiger partial charge in [-0.2, -0.15) is 0 Å². The van der Waals surface area contributed by atoms with Gasteiger partial charge in [0, 0.05) is 45.8 Å². The Labute approximate surface area is 316 Å². The van der Waals surface area contributed by atoms with Gasteiger partial charge in [0.25, 0.3) is 5.79 Å². The largest absolute Gasteiger partial charge is 0.477 e. The maximum atomic E-state index is 12.7. The van der Waals surface area contributed by atoms with Gasteiger partial charge < -0.3 is 94.9 Å². The van der Waals surface area contributed by atoms with E-state index in [9.17, 15) is 70.2 Å². The third-order valence-corrected chi connectivity index (χ3v) is 9.44. The number of unbranched alkanes of at least 4 members (excludes halogenated alkanes) is 2. The zero-order valence-corrected chi connectivity index (χ0v) is 30.6. The number of carboxylic acid groups (broad SMARTS) is 1. The molecule has 55 heavy (non-hydrogen) atoms. The first-order valence-electron chi connectivity index (χ1n) is 18.1. The van der Waals surface area contributed by atoms with Crippen molar-refractivity contribution >= 4 is 23.6 Å². The summed E-state index contributed by atoms with van der Waals surface area (Å²) in [4.78, 5) is 47.3. The number of carboxylic acids is 1. The number of aliphatic carboxylic acids is 1. The Hall–Kier alpha value is -2.52. The molecule has 3 aliphatic rings. The van der Waals surface area contributed by atoms with Gasteiger partial charge in [0.15, 0.2) is 12.6 Å². The number of hydrogen-bond acceptors (Lipinski definition) is 19. The summed E-state index contributed by atoms with van der Waals surface area (Å²) >= 11 is 0. The summed E-state index contributed by atoms with van der Waals surface area (Å²) in [6, 6.07) is -1.28. The van der Waals surface area contributed by atoms with E-state index in [1.165, 1.54) is 6.92 Å². The summed E-state index contributed by atoms with van der Waals surface area (Å²) in [7, 11) is 0. The number of hydrogen-bond donors (Lipinski definition) is 12. The second kappa shape index (κ2) is 21.9. The van der Waals surface area contributed by atoms with Crippen LogP contribution in [0.25, 0.3) is 0 Å². The van der Waals surface area contributed by atoms with E-state index in [1.807, 2.05) is 0 Å². The molecule has 0 radical (unpaired) electrons. The molecule has 2 amide bonds. The second-order valence-electron chi connectivity index (χ2n) is 13.9. The monoisotopic (exact) mass is 800 g/mol. The van der Waals surface area contributed by atoms with Crippen LogP contribution >= 0.6 is 0 Å². The van der Waals surface area contributed by atoms with Crippen molar-refractivity contribution in [2.24, 2.45) is 0 Å². The van der Waals surface area contributed by atoms with Crippen LogP contribution in [0.15, 0.2) is 0 Å². The quantitative estimate of drug-likeness (QED) is 0.0482. The number of carbonyl (C=O) groups is 4. The molecule has 0 aliphatic carbocycles. The van der Waals surface area contributed by atoms with Gasteiger partial charge in [-0.05, 0) is 26.2 Å². The molecule has 3 aliphatic heterocycles. The van der Waals surface area contributed by atoms with Crippen molar-refractivity contribution in [1.82, 2.24) is 10.6 Å². The van der Waals surface area contributed by atoms with Crippen LogP contribution in [0.5, 0.6) is 0 Å². The molecule has 15 atom stereocenters. The predicted octanol–water partition coefficient (Wildman–Crippen LogP) is -5.51. The lowest BCUT2D eigenvalue weighted by Gasteiger charge is -2.50. The van der Waals surface area contributed by atoms with Crippen molar-refractivity contribution in [2.75, 3.05) is 33.0 Å². The molecular formula is C33H56N2O20. The maximum Gasteiger partial charge on any atom is 0.364 e. The highest BCUT2D eigenvalue weighted by molar-refractivity contribution is 5.83. The van der Waals surface area contributed by atoms with Gasteiger partial charge in [-0.25, -0.2) is 4.79 Å². The average Bonchev–Trinajstić information content (AvgIpc) is 3.13. The van der Waals surface area contributed by atoms with E-state index in [2.05, 4.69) is 10.6 Å². The number of ether oxygens (including phenoxy) is 6. The Morgan fingerprint density at radius 1 is 0.818 bits per heavy atom. The number of carbonyl (C=O) groups excluding carboxylic acids is 3. The Morgan fingerprint density at radius 2 is 1.49 bits per heavy atom. The smallest absolute Gasteiger partial charge is 0.364 e. The van der Waals surface area contributed by atoms with E-state index >= 15 is 0 Å². The van der Waals surface area contributed by atoms with Gasteiger partial charge >= 0.3 is 5.97 Å². The number of aliphatic hydroxyl groups excluding tert-OH is 9. The molecule has 0 aromatic carbocycles. The zero-order chi connectivity index (χ0) is 41.0. The molecule has 3 saturated heterocycles. The van der Waals surface area contributed by atoms with Crippen LogP contribution in [-0.4, -0.2) is 199 Å². The molecule has 0 aromatic heterocycles. The Morgan fingerprint density at radius 3 is 2.09 bits per heavy atom. The van der Waals surface area contributed by atoms with Gasteiger partial charge in [0.1, 0.15) is 54.6 Å². The molecule has 12 N–H and O–H groups in total. The number of amides is 2. The highest BCUT2D eigenvalue weighted by Crippen LogP contribution is 2.38. The van der Waals surface area contributed by atoms with E-state index < -0.39 is 136 Å². The lowest BCUT2D eigenvalue weighted by Crippen LogP contribution is -2.69. The summed E-state index contributed by atoms with van der Waals surface area (Å²) < 4.78 is 33.9. The van der Waals surface area contributed by atoms with Crippen LogP contribution in [0, 0.1) is 0 Å². The summed E-state index contributed by atoms with van der Waals surface area (Å²) in [5.41, 5.74) is 0. The third kappa shape index (κ3) is 12.7. The summed E-state index contributed by atoms with van der Waals surface area (Å²) in [6.07, 6.45) is -22.0. The van der Waals surface area contributed by atoms with E-state index in [1.54, 1.807) is 0 Å². The Kier molecular flexibility index (Phi) is 18.6. The van der Waals surface area contributed by atoms with E-state index in [0.717, 1.165) is 6.92 Å². The number of rotatable bonds is 21. The lowest BCUT2D eigenvalue weighted by molar-refractivity contribution is -0.384. The molecule has 0 aromatic rings. The average molecular weight is 801 g/mol. The minimum Gasteiger partial charge on any atom is -0.477 e. The molecule has 22 nitrogen and oxygen atoms in total. The number of Topliss-reactive ketones (excluding diaryl/α,β-unsaturated/α-hetero) is 1. The molecule has 0 saturated carbocycles. The zero-order valence-electron chi connectivity index (χ0n) is 30.6. The summed E-state index contributed by atoms with van der Waals surface area (Å²) in [5.74, 6) is -5.70. The van der Waals surface area contributed by atoms with E-state index in [-0.39, 0.29) is 31.1 Å². The fourth-order valence-corrected chi connectivity index (χ4v) is 6.49. The SMILES string of the molecule is CC(=O)CCC(=O)NCCCCCOC1OC(CO)C(OC2OC(CO)C(O)C(OC3(C(=O)O)CC(O)C(NC(C)=O)C(C[C@@H](O)CO)O3)C2O)C(O)C1O. The van der Waals surface area contributed by atoms with Crippen molar-refractivity contribution in [3.8, 4) is 0 Å². The number of aliphatic hydroxyl groups is 9. The number of nitrogens with one attached hydrogen (secondary N) is 2. The van der Waals surface area contributed by atoms with Gasteiger partial charge in [-0.1, -0.05) is 0 Å². The lowest BCUT2D eigenvalue weighted by atomic mass is 9.89. The first-order valence-corrected chi connectivity index (χ1v) is 18.1. The van der Waals surface area contributed by atoms with Gasteiger partial charge in [-0.15, -0.1) is 0 Å². The van der Waals surface area contributed by atoms with Crippen LogP contribution in [-0.2, 0) is 47.6 Å². The minimum absolute atomic E-state index is 0.0451. The second-order valence-corrected chi connectivity index (χ2v) is 13.9. The highest BCUT2D eigenvalue weighted by atomic mass is 16.8. The predicted molar refractivity (Wildman–Crippen MR) is 179 cm³/mol. The molecule has 22 heteroatoms. The van der Waals surface area contributed by atoms with Crippen LogP contribution in [0.3, 0.4) is 0 Å². The van der Waals surface area contributed by atoms with E-state index in [0.29, 0.717) is 25.8 Å². The van der Waals surface area contributed by atoms with E-state index in [4.69, 9.17) is 28.4 Å². The number of ketones is 1. The Balaban J connectivity index is 1.68. The molecule has 3 fully saturated rings. The first kappa shape index (κ1) is 46.9. The van der Waals surface area contributed by atoms with Crippen molar-refractivity contribution < 1.29 is 98.7 Å². The fraction of sp³-hybridized carbons (Fsp3) is 0.879. The molecule has 0 spiro atoms. The first-order chi connectivity index (χ1) is 26.0. The van der Waals surface area contributed by atoms with Crippen LogP contribution in [0.4, 0.5) is 0 Å². The van der Waals surface area contributed by atoms with Crippen molar-refractivity contribution in [2.45, 2.75) is 150 Å². The van der Waals surface area contributed by atoms with Crippen molar-refractivity contribution in [1.29, 1.82) is 0 Å². The van der Waals surface area contributed by atoms with Crippen LogP contribution in [0.1, 0.15) is 58.8 Å². The standard InChI is InChI=1S/C33H56N2O20/c1-15(39)6-7-22(43)34-8-4-3-5-9-50-30-26(46)25(45)28(21(14-38)52-30)53-31-27(47)29(24(44)20(13-37)51-31)55-33(32(48)49)11-18(42)23(35-16(2)40)19(54-33)10-17(41)12-36/h17-21,23-31,36-38,41-42,44-47H,3-14H2,1-2H3,(H,34,43)(H,35,40)(H,48,49)/t17-,18?,19?,20?,21?,23?,24?,25?,26?,27?,28?,29?,30?,31?,33?/m1/s1. The van der Waals surface area contributed by atoms with Crippen molar-refractivity contribution in [3.63, 3.8) is 0 Å². The van der Waals surface area contributed by atoms with Gasteiger partial charge in [-0.3, -0.25) is 9.59 Å². The summed E-state index contributed by atoms with van der Waals surface area (Å²) in [6.45, 7) is 0.391. The fourth-order valence-electron chi connectivity index (χ4n) is 6.49. The normalized spacial score (nSPS) is 37.2. The molecule has 3 rings (SSSR count). The van der Waals surface area contributed by atoms with Crippen LogP contribution < -0.4 is 10.6 Å². The van der Waals surface area contributed by atoms with Crippen LogP contribution in [0.2, 0.25) is 0 Å². The Bertz CT molecular complexity index is 1250. The minimum atomic E-state index is -2.87. The third-order valence-electron chi connectivity index (χ3n) is 9.44. The molecule has 3 heterocycles. The highest BCUT2D eigenvalue weighted by Gasteiger charge is 2.59. The maximum absolute atomic E-state index is 12.7.